The number of aromatic nitrogens is 1. The summed E-state index contributed by atoms with van der Waals surface area (Å²) in [7, 11) is 1.66. The van der Waals surface area contributed by atoms with Crippen molar-refractivity contribution in [2.75, 3.05) is 27.0 Å². The van der Waals surface area contributed by atoms with Crippen molar-refractivity contribution >= 4 is 16.8 Å². The molecule has 0 bridgehead atoms. The molecule has 1 aliphatic rings. The van der Waals surface area contributed by atoms with Gasteiger partial charge in [-0.25, -0.2) is 0 Å². The van der Waals surface area contributed by atoms with E-state index in [1.54, 1.807) is 7.11 Å². The van der Waals surface area contributed by atoms with Gasteiger partial charge in [-0.3, -0.25) is 10.1 Å². The van der Waals surface area contributed by atoms with Crippen molar-refractivity contribution in [1.29, 1.82) is 0 Å². The molecule has 3 N–H and O–H groups in total. The Morgan fingerprint density at radius 3 is 2.64 bits per heavy atom. The van der Waals surface area contributed by atoms with E-state index in [9.17, 15) is 4.79 Å². The molecule has 1 aliphatic heterocycles. The van der Waals surface area contributed by atoms with Crippen molar-refractivity contribution in [3.63, 3.8) is 0 Å². The molecule has 1 amide bonds. The fourth-order valence-corrected chi connectivity index (χ4v) is 4.59. The van der Waals surface area contributed by atoms with Gasteiger partial charge >= 0.3 is 0 Å². The maximum absolute atomic E-state index is 12.9. The van der Waals surface area contributed by atoms with Gasteiger partial charge in [-0.15, -0.1) is 0 Å². The van der Waals surface area contributed by atoms with Gasteiger partial charge in [-0.2, -0.15) is 0 Å². The van der Waals surface area contributed by atoms with Gasteiger partial charge in [0.15, 0.2) is 11.5 Å². The van der Waals surface area contributed by atoms with Crippen molar-refractivity contribution in [3.05, 3.63) is 89.6 Å². The Morgan fingerprint density at radius 1 is 1.06 bits per heavy atom. The van der Waals surface area contributed by atoms with Gasteiger partial charge in [0.05, 0.1) is 13.7 Å². The molecule has 1 atom stereocenters. The van der Waals surface area contributed by atoms with E-state index in [4.69, 9.17) is 14.2 Å². The number of amides is 1. The molecule has 4 aromatic rings. The molecular weight excluding hydrogens is 454 g/mol. The quantitative estimate of drug-likeness (QED) is 0.321. The molecule has 1 unspecified atom stereocenters. The summed E-state index contributed by atoms with van der Waals surface area (Å²) < 4.78 is 16.3. The minimum absolute atomic E-state index is 0.0159. The normalized spacial score (nSPS) is 13.5. The lowest BCUT2D eigenvalue weighted by Gasteiger charge is -2.27. The van der Waals surface area contributed by atoms with Gasteiger partial charge in [0.1, 0.15) is 5.75 Å². The van der Waals surface area contributed by atoms with Crippen LogP contribution >= 0.6 is 0 Å². The predicted octanol–water partition coefficient (Wildman–Crippen LogP) is 4.68. The van der Waals surface area contributed by atoms with Crippen molar-refractivity contribution in [1.82, 2.24) is 15.6 Å². The monoisotopic (exact) mass is 485 g/mol. The number of hydrogen-bond acceptors (Lipinski definition) is 5. The number of H-pyrrole nitrogens is 1. The van der Waals surface area contributed by atoms with E-state index < -0.39 is 5.54 Å². The number of aromatic amines is 1. The van der Waals surface area contributed by atoms with Crippen LogP contribution in [0.3, 0.4) is 0 Å². The maximum Gasteiger partial charge on any atom is 0.234 e. The summed E-state index contributed by atoms with van der Waals surface area (Å²) in [5.74, 6) is 2.19. The lowest BCUT2D eigenvalue weighted by molar-refractivity contribution is -0.120. The van der Waals surface area contributed by atoms with Gasteiger partial charge in [-0.05, 0) is 60.9 Å². The van der Waals surface area contributed by atoms with Crippen LogP contribution < -0.4 is 24.8 Å². The standard InChI is InChI=1S/C29H31N3O4/c1-29(2,20-10-13-26-27(14-20)36-18-35-26)32-17-28(33)31-15-23(19-8-11-21(34-3)12-9-19)24-16-30-25-7-5-4-6-22(24)25/h4-14,16,23,30,32H,15,17-18H2,1-3H3,(H,31,33). The third-order valence-electron chi connectivity index (χ3n) is 6.80. The van der Waals surface area contributed by atoms with Crippen LogP contribution in [0.5, 0.6) is 17.2 Å². The van der Waals surface area contributed by atoms with Crippen molar-refractivity contribution in [2.45, 2.75) is 25.3 Å². The Balaban J connectivity index is 1.28. The zero-order valence-electron chi connectivity index (χ0n) is 20.8. The van der Waals surface area contributed by atoms with Crippen molar-refractivity contribution < 1.29 is 19.0 Å². The maximum atomic E-state index is 12.9. The van der Waals surface area contributed by atoms with E-state index in [1.165, 1.54) is 0 Å². The molecule has 1 aromatic heterocycles. The van der Waals surface area contributed by atoms with E-state index in [0.717, 1.165) is 44.8 Å². The van der Waals surface area contributed by atoms with Crippen molar-refractivity contribution in [3.8, 4) is 17.2 Å². The van der Waals surface area contributed by atoms with Crippen molar-refractivity contribution in [2.24, 2.45) is 0 Å². The van der Waals surface area contributed by atoms with Gasteiger partial charge in [0.2, 0.25) is 12.7 Å². The average molecular weight is 486 g/mol. The number of hydrogen-bond donors (Lipinski definition) is 3. The highest BCUT2D eigenvalue weighted by Crippen LogP contribution is 2.35. The lowest BCUT2D eigenvalue weighted by atomic mass is 9.90. The largest absolute Gasteiger partial charge is 0.497 e. The molecule has 3 aromatic carbocycles. The fourth-order valence-electron chi connectivity index (χ4n) is 4.59. The third kappa shape index (κ3) is 4.88. The summed E-state index contributed by atoms with van der Waals surface area (Å²) in [6.45, 7) is 4.98. The smallest absolute Gasteiger partial charge is 0.234 e. The minimum Gasteiger partial charge on any atom is -0.497 e. The first-order chi connectivity index (χ1) is 17.4. The molecule has 0 fully saturated rings. The van der Waals surface area contributed by atoms with Crippen LogP contribution in [0.25, 0.3) is 10.9 Å². The highest BCUT2D eigenvalue weighted by molar-refractivity contribution is 5.84. The van der Waals surface area contributed by atoms with Gasteiger partial charge in [0, 0.05) is 35.1 Å². The molecule has 0 aliphatic carbocycles. The zero-order valence-corrected chi connectivity index (χ0v) is 20.8. The minimum atomic E-state index is -0.426. The Kier molecular flexibility index (Phi) is 6.57. The SMILES string of the molecule is COc1ccc(C(CNC(=O)CNC(C)(C)c2ccc3c(c2)OCO3)c2c[nH]c3ccccc23)cc1. The second-order valence-corrected chi connectivity index (χ2v) is 9.47. The zero-order chi connectivity index (χ0) is 25.1. The number of para-hydroxylation sites is 1. The second-order valence-electron chi connectivity index (χ2n) is 9.47. The first kappa shape index (κ1) is 23.8. The average Bonchev–Trinajstić information content (AvgIpc) is 3.55. The molecule has 7 nitrogen and oxygen atoms in total. The molecular formula is C29H31N3O4. The molecule has 0 saturated carbocycles. The Hall–Kier alpha value is -3.97. The van der Waals surface area contributed by atoms with Gasteiger partial charge in [0.25, 0.3) is 0 Å². The Labute approximate surface area is 210 Å². The van der Waals surface area contributed by atoms with E-state index in [2.05, 4.69) is 39.9 Å². The summed E-state index contributed by atoms with van der Waals surface area (Å²) in [6.07, 6.45) is 2.03. The number of carbonyl (C=O) groups is 1. The number of nitrogens with one attached hydrogen (secondary N) is 3. The van der Waals surface area contributed by atoms with E-state index in [-0.39, 0.29) is 25.2 Å². The first-order valence-corrected chi connectivity index (χ1v) is 12.1. The Morgan fingerprint density at radius 2 is 1.83 bits per heavy atom. The summed E-state index contributed by atoms with van der Waals surface area (Å²) in [6, 6.07) is 22.1. The van der Waals surface area contributed by atoms with Crippen LogP contribution in [-0.2, 0) is 10.3 Å². The number of ether oxygens (including phenoxy) is 3. The highest BCUT2D eigenvalue weighted by Gasteiger charge is 2.25. The van der Waals surface area contributed by atoms with Gasteiger partial charge in [-0.1, -0.05) is 36.4 Å². The van der Waals surface area contributed by atoms with Crippen LogP contribution in [0.2, 0.25) is 0 Å². The first-order valence-electron chi connectivity index (χ1n) is 12.1. The number of fused-ring (bicyclic) bond motifs is 2. The van der Waals surface area contributed by atoms with E-state index >= 15 is 0 Å². The van der Waals surface area contributed by atoms with Gasteiger partial charge < -0.3 is 24.5 Å². The van der Waals surface area contributed by atoms with Crippen LogP contribution in [-0.4, -0.2) is 37.9 Å². The Bertz CT molecular complexity index is 1360. The summed E-state index contributed by atoms with van der Waals surface area (Å²) in [5, 5.41) is 7.66. The number of benzene rings is 3. The summed E-state index contributed by atoms with van der Waals surface area (Å²) in [4.78, 5) is 16.3. The molecule has 2 heterocycles. The molecule has 0 spiro atoms. The number of carbonyl (C=O) groups excluding carboxylic acids is 1. The summed E-state index contributed by atoms with van der Waals surface area (Å²) >= 11 is 0. The third-order valence-corrected chi connectivity index (χ3v) is 6.80. The van der Waals surface area contributed by atoms with Crippen LogP contribution in [0.4, 0.5) is 0 Å². The second kappa shape index (κ2) is 9.95. The molecule has 36 heavy (non-hydrogen) atoms. The topological polar surface area (TPSA) is 84.6 Å². The molecule has 5 rings (SSSR count). The van der Waals surface area contributed by atoms with E-state index in [1.807, 2.05) is 62.5 Å². The summed E-state index contributed by atoms with van der Waals surface area (Å²) in [5.41, 5.74) is 3.92. The number of methoxy groups -OCH3 is 1. The highest BCUT2D eigenvalue weighted by atomic mass is 16.7. The van der Waals surface area contributed by atoms with Crippen LogP contribution in [0.15, 0.2) is 72.9 Å². The molecule has 7 heteroatoms. The van der Waals surface area contributed by atoms with E-state index in [0.29, 0.717) is 6.54 Å². The van der Waals surface area contributed by atoms with Crippen LogP contribution in [0.1, 0.15) is 36.5 Å². The number of rotatable bonds is 9. The van der Waals surface area contributed by atoms with Crippen LogP contribution in [0, 0.1) is 0 Å². The molecule has 186 valence electrons. The predicted molar refractivity (Wildman–Crippen MR) is 140 cm³/mol. The fraction of sp³-hybridized carbons (Fsp3) is 0.276. The molecule has 0 radical (unpaired) electrons. The lowest BCUT2D eigenvalue weighted by Crippen LogP contribution is -2.44. The molecule has 0 saturated heterocycles.